The molecular weight excluding hydrogens is 208 g/mol. The van der Waals surface area contributed by atoms with Gasteiger partial charge in [0.1, 0.15) is 0 Å². The molecule has 1 aromatic rings. The van der Waals surface area contributed by atoms with Crippen molar-refractivity contribution in [1.29, 1.82) is 5.26 Å². The molecule has 2 heteroatoms. The summed E-state index contributed by atoms with van der Waals surface area (Å²) in [6.45, 7) is 2.28. The van der Waals surface area contributed by atoms with Gasteiger partial charge in [0.25, 0.3) is 0 Å². The van der Waals surface area contributed by atoms with Crippen molar-refractivity contribution in [3.8, 4) is 6.07 Å². The number of nitriles is 1. The van der Waals surface area contributed by atoms with Crippen LogP contribution in [-0.2, 0) is 6.42 Å². The lowest BCUT2D eigenvalue weighted by atomic mass is 10.1. The highest BCUT2D eigenvalue weighted by Crippen LogP contribution is 2.30. The number of benzene rings is 1. The Bertz CT molecular complexity index is 388. The molecule has 2 atom stereocenters. The summed E-state index contributed by atoms with van der Waals surface area (Å²) in [5, 5.41) is 12.2. The Balaban J connectivity index is 1.89. The molecule has 2 unspecified atom stereocenters. The van der Waals surface area contributed by atoms with E-state index in [2.05, 4.69) is 30.4 Å². The first-order valence-electron chi connectivity index (χ1n) is 6.54. The summed E-state index contributed by atoms with van der Waals surface area (Å²) in [4.78, 5) is 0. The summed E-state index contributed by atoms with van der Waals surface area (Å²) in [7, 11) is 0. The molecule has 1 aromatic carbocycles. The first kappa shape index (κ1) is 12.0. The van der Waals surface area contributed by atoms with Gasteiger partial charge in [-0.25, -0.2) is 0 Å². The summed E-state index contributed by atoms with van der Waals surface area (Å²) >= 11 is 0. The highest BCUT2D eigenvalue weighted by molar-refractivity contribution is 5.46. The summed E-state index contributed by atoms with van der Waals surface area (Å²) in [5.74, 6) is 0.908. The first-order chi connectivity index (χ1) is 8.31. The Morgan fingerprint density at radius 1 is 1.29 bits per heavy atom. The molecule has 1 N–H and O–H groups in total. The predicted molar refractivity (Wildman–Crippen MR) is 70.8 cm³/mol. The molecule has 0 saturated heterocycles. The van der Waals surface area contributed by atoms with Crippen molar-refractivity contribution in [1.82, 2.24) is 0 Å². The minimum absolute atomic E-state index is 0.502. The third-order valence-electron chi connectivity index (χ3n) is 3.73. The van der Waals surface area contributed by atoms with Gasteiger partial charge in [0.05, 0.1) is 12.5 Å². The van der Waals surface area contributed by atoms with Crippen LogP contribution in [0.15, 0.2) is 24.3 Å². The maximum Gasteiger partial charge on any atom is 0.0669 e. The van der Waals surface area contributed by atoms with Gasteiger partial charge in [-0.2, -0.15) is 5.26 Å². The zero-order chi connectivity index (χ0) is 12.1. The van der Waals surface area contributed by atoms with Crippen LogP contribution in [0, 0.1) is 17.2 Å². The van der Waals surface area contributed by atoms with E-state index in [1.165, 1.54) is 31.4 Å². The van der Waals surface area contributed by atoms with E-state index in [0.29, 0.717) is 12.5 Å². The van der Waals surface area contributed by atoms with Gasteiger partial charge in [-0.1, -0.05) is 25.5 Å². The fourth-order valence-electron chi connectivity index (χ4n) is 2.62. The van der Waals surface area contributed by atoms with Gasteiger partial charge in [-0.15, -0.1) is 0 Å². The van der Waals surface area contributed by atoms with Gasteiger partial charge in [0, 0.05) is 11.7 Å². The molecular formula is C15H20N2. The molecule has 0 bridgehead atoms. The van der Waals surface area contributed by atoms with Crippen molar-refractivity contribution >= 4 is 5.69 Å². The van der Waals surface area contributed by atoms with Crippen LogP contribution >= 0.6 is 0 Å². The second-order valence-electron chi connectivity index (χ2n) is 4.96. The minimum atomic E-state index is 0.502. The van der Waals surface area contributed by atoms with E-state index in [4.69, 9.17) is 5.26 Å². The Morgan fingerprint density at radius 3 is 2.65 bits per heavy atom. The Morgan fingerprint density at radius 2 is 2.06 bits per heavy atom. The van der Waals surface area contributed by atoms with E-state index in [9.17, 15) is 0 Å². The van der Waals surface area contributed by atoms with E-state index in [1.807, 2.05) is 12.1 Å². The fraction of sp³-hybridized carbons (Fsp3) is 0.533. The molecule has 0 heterocycles. The maximum absolute atomic E-state index is 8.61. The molecule has 1 fully saturated rings. The van der Waals surface area contributed by atoms with Crippen molar-refractivity contribution < 1.29 is 0 Å². The average molecular weight is 228 g/mol. The van der Waals surface area contributed by atoms with E-state index in [-0.39, 0.29) is 0 Å². The van der Waals surface area contributed by atoms with Crippen molar-refractivity contribution in [3.05, 3.63) is 29.8 Å². The molecule has 0 amide bonds. The monoisotopic (exact) mass is 228 g/mol. The van der Waals surface area contributed by atoms with E-state index >= 15 is 0 Å². The number of anilines is 1. The van der Waals surface area contributed by atoms with Gasteiger partial charge in [0.15, 0.2) is 0 Å². The Kier molecular flexibility index (Phi) is 4.03. The number of hydrogen-bond donors (Lipinski definition) is 1. The molecule has 17 heavy (non-hydrogen) atoms. The summed E-state index contributed by atoms with van der Waals surface area (Å²) < 4.78 is 0. The van der Waals surface area contributed by atoms with Crippen LogP contribution in [0.2, 0.25) is 0 Å². The average Bonchev–Trinajstić information content (AvgIpc) is 2.80. The van der Waals surface area contributed by atoms with Crippen LogP contribution in [0.1, 0.15) is 38.2 Å². The highest BCUT2D eigenvalue weighted by Gasteiger charge is 2.22. The lowest BCUT2D eigenvalue weighted by Crippen LogP contribution is -2.15. The molecule has 2 nitrogen and oxygen atoms in total. The van der Waals surface area contributed by atoms with E-state index in [1.54, 1.807) is 0 Å². The first-order valence-corrected chi connectivity index (χ1v) is 6.54. The number of nitrogens with one attached hydrogen (secondary N) is 1. The summed E-state index contributed by atoms with van der Waals surface area (Å²) in [6, 6.07) is 11.1. The minimum Gasteiger partial charge on any atom is -0.382 e. The molecule has 90 valence electrons. The fourth-order valence-corrected chi connectivity index (χ4v) is 2.62. The van der Waals surface area contributed by atoms with Crippen LogP contribution in [0.5, 0.6) is 0 Å². The predicted octanol–water partition coefficient (Wildman–Crippen LogP) is 3.74. The maximum atomic E-state index is 8.61. The van der Waals surface area contributed by atoms with Crippen molar-refractivity contribution in [3.63, 3.8) is 0 Å². The highest BCUT2D eigenvalue weighted by atomic mass is 14.9. The zero-order valence-corrected chi connectivity index (χ0v) is 10.4. The smallest absolute Gasteiger partial charge is 0.0669 e. The zero-order valence-electron chi connectivity index (χ0n) is 10.4. The summed E-state index contributed by atoms with van der Waals surface area (Å²) in [5.41, 5.74) is 2.28. The number of rotatable bonds is 4. The van der Waals surface area contributed by atoms with Crippen LogP contribution in [0.25, 0.3) is 0 Å². The Hall–Kier alpha value is -1.49. The van der Waals surface area contributed by atoms with Crippen molar-refractivity contribution in [2.75, 3.05) is 5.32 Å². The second kappa shape index (κ2) is 5.72. The molecule has 0 radical (unpaired) electrons. The van der Waals surface area contributed by atoms with Gasteiger partial charge in [0.2, 0.25) is 0 Å². The topological polar surface area (TPSA) is 35.8 Å². The lowest BCUT2D eigenvalue weighted by Gasteiger charge is -2.14. The molecule has 2 rings (SSSR count). The molecule has 0 aliphatic heterocycles. The third-order valence-corrected chi connectivity index (χ3v) is 3.73. The van der Waals surface area contributed by atoms with Crippen molar-refractivity contribution in [2.45, 2.75) is 45.1 Å². The second-order valence-corrected chi connectivity index (χ2v) is 4.96. The largest absolute Gasteiger partial charge is 0.382 e. The molecule has 1 aliphatic rings. The number of nitrogens with zero attached hydrogens (tertiary/aromatic N) is 1. The quantitative estimate of drug-likeness (QED) is 0.852. The van der Waals surface area contributed by atoms with Gasteiger partial charge < -0.3 is 5.32 Å². The Labute approximate surface area is 104 Å². The molecule has 0 aromatic heterocycles. The third kappa shape index (κ3) is 3.23. The summed E-state index contributed by atoms with van der Waals surface area (Å²) in [6.07, 6.45) is 5.76. The van der Waals surface area contributed by atoms with Crippen LogP contribution in [-0.4, -0.2) is 6.04 Å². The number of hydrogen-bond acceptors (Lipinski definition) is 2. The van der Waals surface area contributed by atoms with Gasteiger partial charge in [-0.3, -0.25) is 0 Å². The molecule has 1 saturated carbocycles. The van der Waals surface area contributed by atoms with E-state index in [0.717, 1.165) is 11.5 Å². The standard InChI is InChI=1S/C15H20N2/c1-2-12-3-8-15(11-12)17-14-6-4-13(5-7-14)9-10-16/h4-7,12,15,17H,2-3,8-9,11H2,1H3. The molecule has 0 spiro atoms. The van der Waals surface area contributed by atoms with Crippen LogP contribution < -0.4 is 5.32 Å². The van der Waals surface area contributed by atoms with Gasteiger partial charge >= 0.3 is 0 Å². The molecule has 1 aliphatic carbocycles. The van der Waals surface area contributed by atoms with Crippen LogP contribution in [0.3, 0.4) is 0 Å². The van der Waals surface area contributed by atoms with E-state index < -0.39 is 0 Å². The SMILES string of the molecule is CCC1CCC(Nc2ccc(CC#N)cc2)C1. The van der Waals surface area contributed by atoms with Crippen LogP contribution in [0.4, 0.5) is 5.69 Å². The lowest BCUT2D eigenvalue weighted by molar-refractivity contribution is 0.525. The van der Waals surface area contributed by atoms with Crippen molar-refractivity contribution in [2.24, 2.45) is 5.92 Å². The van der Waals surface area contributed by atoms with Gasteiger partial charge in [-0.05, 0) is 42.9 Å². The normalized spacial score (nSPS) is 23.3.